The van der Waals surface area contributed by atoms with Gasteiger partial charge in [-0.25, -0.2) is 9.97 Å². The summed E-state index contributed by atoms with van der Waals surface area (Å²) in [5.74, 6) is 2.27. The molecule has 106 valence electrons. The van der Waals surface area contributed by atoms with E-state index in [1.807, 2.05) is 0 Å². The number of piperidine rings is 1. The molecule has 1 saturated heterocycles. The topological polar surface area (TPSA) is 41.0 Å². The third-order valence-electron chi connectivity index (χ3n) is 3.85. The van der Waals surface area contributed by atoms with Crippen LogP contribution in [-0.2, 0) is 0 Å². The standard InChI is InChI=1S/C15H26N4/c1-4-19(10-13-6-5-7-16-9-13)15-8-14(12(2)3)17-11-18-15/h8,11-13,16H,4-7,9-10H2,1-3H3. The molecule has 0 saturated carbocycles. The average Bonchev–Trinajstić information content (AvgIpc) is 2.46. The fourth-order valence-electron chi connectivity index (χ4n) is 2.63. The van der Waals surface area contributed by atoms with Gasteiger partial charge in [0.1, 0.15) is 12.1 Å². The lowest BCUT2D eigenvalue weighted by molar-refractivity contribution is 0.377. The molecule has 2 rings (SSSR count). The van der Waals surface area contributed by atoms with E-state index in [-0.39, 0.29) is 0 Å². The molecule has 0 amide bonds. The summed E-state index contributed by atoms with van der Waals surface area (Å²) in [6.07, 6.45) is 4.32. The molecule has 1 N–H and O–H groups in total. The van der Waals surface area contributed by atoms with Crippen LogP contribution in [0, 0.1) is 5.92 Å². The molecule has 0 bridgehead atoms. The molecule has 0 spiro atoms. The van der Waals surface area contributed by atoms with Gasteiger partial charge in [0, 0.05) is 24.8 Å². The van der Waals surface area contributed by atoms with Crippen molar-refractivity contribution in [1.29, 1.82) is 0 Å². The molecule has 1 unspecified atom stereocenters. The van der Waals surface area contributed by atoms with Crippen LogP contribution in [0.25, 0.3) is 0 Å². The first-order valence-electron chi connectivity index (χ1n) is 7.48. The predicted molar refractivity (Wildman–Crippen MR) is 79.6 cm³/mol. The van der Waals surface area contributed by atoms with E-state index in [0.717, 1.165) is 37.1 Å². The maximum Gasteiger partial charge on any atom is 0.132 e. The summed E-state index contributed by atoms with van der Waals surface area (Å²) >= 11 is 0. The largest absolute Gasteiger partial charge is 0.356 e. The zero-order chi connectivity index (χ0) is 13.7. The second-order valence-electron chi connectivity index (χ2n) is 5.71. The highest BCUT2D eigenvalue weighted by Gasteiger charge is 2.17. The predicted octanol–water partition coefficient (Wildman–Crippen LogP) is 2.43. The number of hydrogen-bond donors (Lipinski definition) is 1. The summed E-state index contributed by atoms with van der Waals surface area (Å²) < 4.78 is 0. The van der Waals surface area contributed by atoms with Crippen LogP contribution >= 0.6 is 0 Å². The first kappa shape index (κ1) is 14.3. The molecule has 1 aromatic rings. The molecule has 2 heterocycles. The summed E-state index contributed by atoms with van der Waals surface area (Å²) in [5.41, 5.74) is 1.13. The lowest BCUT2D eigenvalue weighted by Gasteiger charge is -2.30. The van der Waals surface area contributed by atoms with E-state index in [9.17, 15) is 0 Å². The number of anilines is 1. The molecule has 19 heavy (non-hydrogen) atoms. The molecule has 1 aromatic heterocycles. The Morgan fingerprint density at radius 3 is 2.89 bits per heavy atom. The van der Waals surface area contributed by atoms with Gasteiger partial charge in [0.15, 0.2) is 0 Å². The maximum absolute atomic E-state index is 4.45. The normalized spacial score (nSPS) is 19.7. The van der Waals surface area contributed by atoms with Gasteiger partial charge >= 0.3 is 0 Å². The molecule has 0 aromatic carbocycles. The molecule has 4 heteroatoms. The summed E-state index contributed by atoms with van der Waals surface area (Å²) in [5, 5.41) is 3.49. The van der Waals surface area contributed by atoms with Crippen molar-refractivity contribution in [2.24, 2.45) is 5.92 Å². The highest BCUT2D eigenvalue weighted by molar-refractivity contribution is 5.39. The van der Waals surface area contributed by atoms with Crippen molar-refractivity contribution in [2.75, 3.05) is 31.1 Å². The second-order valence-corrected chi connectivity index (χ2v) is 5.71. The smallest absolute Gasteiger partial charge is 0.132 e. The quantitative estimate of drug-likeness (QED) is 0.885. The zero-order valence-electron chi connectivity index (χ0n) is 12.4. The van der Waals surface area contributed by atoms with Gasteiger partial charge in [0.05, 0.1) is 0 Å². The van der Waals surface area contributed by atoms with E-state index < -0.39 is 0 Å². The third-order valence-corrected chi connectivity index (χ3v) is 3.85. The maximum atomic E-state index is 4.45. The van der Waals surface area contributed by atoms with Crippen molar-refractivity contribution < 1.29 is 0 Å². The Balaban J connectivity index is 2.05. The Morgan fingerprint density at radius 1 is 1.42 bits per heavy atom. The first-order valence-corrected chi connectivity index (χ1v) is 7.48. The Hall–Kier alpha value is -1.16. The molecule has 1 fully saturated rings. The monoisotopic (exact) mass is 262 g/mol. The molecular weight excluding hydrogens is 236 g/mol. The molecule has 0 radical (unpaired) electrons. The van der Waals surface area contributed by atoms with Gasteiger partial charge in [-0.3, -0.25) is 0 Å². The Morgan fingerprint density at radius 2 is 2.26 bits per heavy atom. The average molecular weight is 262 g/mol. The van der Waals surface area contributed by atoms with E-state index in [1.165, 1.54) is 19.4 Å². The van der Waals surface area contributed by atoms with Crippen LogP contribution in [0.15, 0.2) is 12.4 Å². The van der Waals surface area contributed by atoms with Gasteiger partial charge in [-0.1, -0.05) is 13.8 Å². The molecule has 1 aliphatic rings. The highest BCUT2D eigenvalue weighted by Crippen LogP contribution is 2.19. The van der Waals surface area contributed by atoms with Crippen LogP contribution in [0.4, 0.5) is 5.82 Å². The number of nitrogens with zero attached hydrogens (tertiary/aromatic N) is 3. The van der Waals surface area contributed by atoms with Crippen molar-refractivity contribution in [3.8, 4) is 0 Å². The van der Waals surface area contributed by atoms with Crippen LogP contribution in [0.3, 0.4) is 0 Å². The van der Waals surface area contributed by atoms with Gasteiger partial charge in [-0.15, -0.1) is 0 Å². The molecule has 1 aliphatic heterocycles. The van der Waals surface area contributed by atoms with Crippen molar-refractivity contribution in [1.82, 2.24) is 15.3 Å². The number of hydrogen-bond acceptors (Lipinski definition) is 4. The summed E-state index contributed by atoms with van der Waals surface area (Å²) in [4.78, 5) is 11.2. The van der Waals surface area contributed by atoms with Crippen LogP contribution in [-0.4, -0.2) is 36.1 Å². The Bertz CT molecular complexity index is 385. The van der Waals surface area contributed by atoms with Gasteiger partial charge < -0.3 is 10.2 Å². The summed E-state index contributed by atoms with van der Waals surface area (Å²) in [6, 6.07) is 2.14. The summed E-state index contributed by atoms with van der Waals surface area (Å²) in [7, 11) is 0. The summed E-state index contributed by atoms with van der Waals surface area (Å²) in [6.45, 7) is 11.0. The van der Waals surface area contributed by atoms with E-state index >= 15 is 0 Å². The van der Waals surface area contributed by atoms with Gasteiger partial charge in [-0.2, -0.15) is 0 Å². The van der Waals surface area contributed by atoms with Crippen molar-refractivity contribution in [3.05, 3.63) is 18.1 Å². The van der Waals surface area contributed by atoms with E-state index in [2.05, 4.69) is 47.0 Å². The fourth-order valence-corrected chi connectivity index (χ4v) is 2.63. The van der Waals surface area contributed by atoms with Crippen LogP contribution in [0.5, 0.6) is 0 Å². The first-order chi connectivity index (χ1) is 9.20. The highest BCUT2D eigenvalue weighted by atomic mass is 15.2. The van der Waals surface area contributed by atoms with Gasteiger partial charge in [0.2, 0.25) is 0 Å². The number of nitrogens with one attached hydrogen (secondary N) is 1. The minimum absolute atomic E-state index is 0.455. The Labute approximate surface area is 116 Å². The SMILES string of the molecule is CCN(CC1CCCNC1)c1cc(C(C)C)ncn1. The minimum atomic E-state index is 0.455. The van der Waals surface area contributed by atoms with Crippen molar-refractivity contribution in [2.45, 2.75) is 39.5 Å². The third kappa shape index (κ3) is 3.90. The van der Waals surface area contributed by atoms with Crippen LogP contribution < -0.4 is 10.2 Å². The molecule has 4 nitrogen and oxygen atoms in total. The van der Waals surface area contributed by atoms with E-state index in [4.69, 9.17) is 0 Å². The van der Waals surface area contributed by atoms with Crippen molar-refractivity contribution >= 4 is 5.82 Å². The number of rotatable bonds is 5. The second kappa shape index (κ2) is 6.85. The Kier molecular flexibility index (Phi) is 5.14. The molecule has 1 atom stereocenters. The minimum Gasteiger partial charge on any atom is -0.356 e. The lowest BCUT2D eigenvalue weighted by Crippen LogP contribution is -2.38. The van der Waals surface area contributed by atoms with E-state index in [1.54, 1.807) is 6.33 Å². The fraction of sp³-hybridized carbons (Fsp3) is 0.733. The van der Waals surface area contributed by atoms with E-state index in [0.29, 0.717) is 5.92 Å². The van der Waals surface area contributed by atoms with Gasteiger partial charge in [-0.05, 0) is 44.7 Å². The number of aromatic nitrogens is 2. The molecular formula is C15H26N4. The van der Waals surface area contributed by atoms with Crippen molar-refractivity contribution in [3.63, 3.8) is 0 Å². The van der Waals surface area contributed by atoms with Gasteiger partial charge in [0.25, 0.3) is 0 Å². The lowest BCUT2D eigenvalue weighted by atomic mass is 9.99. The van der Waals surface area contributed by atoms with Crippen LogP contribution in [0.1, 0.15) is 45.2 Å². The zero-order valence-corrected chi connectivity index (χ0v) is 12.4. The van der Waals surface area contributed by atoms with Crippen LogP contribution in [0.2, 0.25) is 0 Å². The molecule has 0 aliphatic carbocycles.